The van der Waals surface area contributed by atoms with E-state index in [4.69, 9.17) is 4.74 Å². The lowest BCUT2D eigenvalue weighted by atomic mass is 10.2. The average Bonchev–Trinajstić information content (AvgIpc) is 3.11. The van der Waals surface area contributed by atoms with Gasteiger partial charge in [-0.2, -0.15) is 5.10 Å². The van der Waals surface area contributed by atoms with E-state index in [2.05, 4.69) is 15.5 Å². The van der Waals surface area contributed by atoms with Crippen LogP contribution in [0.25, 0.3) is 10.2 Å². The van der Waals surface area contributed by atoms with Crippen molar-refractivity contribution < 1.29 is 9.13 Å². The van der Waals surface area contributed by atoms with Gasteiger partial charge >= 0.3 is 0 Å². The highest BCUT2D eigenvalue weighted by Crippen LogP contribution is 2.25. The molecule has 0 aliphatic heterocycles. The Balaban J connectivity index is 1.38. The van der Waals surface area contributed by atoms with E-state index < -0.39 is 0 Å². The molecule has 1 heterocycles. The topological polar surface area (TPSA) is 46.5 Å². The van der Waals surface area contributed by atoms with E-state index in [1.54, 1.807) is 29.7 Å². The van der Waals surface area contributed by atoms with Gasteiger partial charge in [-0.15, -0.1) is 0 Å². The Morgan fingerprint density at radius 2 is 1.89 bits per heavy atom. The van der Waals surface area contributed by atoms with E-state index in [1.807, 2.05) is 48.5 Å². The molecule has 4 nitrogen and oxygen atoms in total. The molecule has 4 rings (SSSR count). The van der Waals surface area contributed by atoms with Crippen molar-refractivity contribution in [2.45, 2.75) is 6.61 Å². The predicted octanol–water partition coefficient (Wildman–Crippen LogP) is 5.46. The first kappa shape index (κ1) is 17.2. The Kier molecular flexibility index (Phi) is 5.07. The maximum Gasteiger partial charge on any atom is 0.204 e. The van der Waals surface area contributed by atoms with Gasteiger partial charge in [-0.3, -0.25) is 5.43 Å². The molecular formula is C21H16FN3OS. The zero-order valence-corrected chi connectivity index (χ0v) is 15.1. The summed E-state index contributed by atoms with van der Waals surface area (Å²) in [7, 11) is 0. The van der Waals surface area contributed by atoms with Crippen molar-refractivity contribution in [1.29, 1.82) is 0 Å². The Morgan fingerprint density at radius 1 is 1.04 bits per heavy atom. The van der Waals surface area contributed by atoms with Crippen molar-refractivity contribution in [1.82, 2.24) is 4.98 Å². The van der Waals surface area contributed by atoms with E-state index in [-0.39, 0.29) is 5.82 Å². The van der Waals surface area contributed by atoms with Crippen LogP contribution < -0.4 is 10.2 Å². The molecule has 0 amide bonds. The van der Waals surface area contributed by atoms with Gasteiger partial charge in [0.25, 0.3) is 0 Å². The highest BCUT2D eigenvalue weighted by atomic mass is 32.1. The summed E-state index contributed by atoms with van der Waals surface area (Å²) >= 11 is 1.55. The number of benzene rings is 3. The van der Waals surface area contributed by atoms with Crippen LogP contribution in [-0.4, -0.2) is 11.2 Å². The maximum absolute atomic E-state index is 12.9. The van der Waals surface area contributed by atoms with Gasteiger partial charge in [0.05, 0.1) is 16.4 Å². The van der Waals surface area contributed by atoms with E-state index >= 15 is 0 Å². The van der Waals surface area contributed by atoms with Gasteiger partial charge < -0.3 is 4.74 Å². The smallest absolute Gasteiger partial charge is 0.204 e. The van der Waals surface area contributed by atoms with E-state index in [1.165, 1.54) is 12.1 Å². The van der Waals surface area contributed by atoms with Crippen molar-refractivity contribution in [3.05, 3.63) is 89.7 Å². The van der Waals surface area contributed by atoms with Gasteiger partial charge in [-0.05, 0) is 47.5 Å². The number of halogens is 1. The van der Waals surface area contributed by atoms with Crippen LogP contribution in [0.2, 0.25) is 0 Å². The molecule has 1 N–H and O–H groups in total. The first-order valence-electron chi connectivity index (χ1n) is 8.38. The molecule has 0 radical (unpaired) electrons. The monoisotopic (exact) mass is 377 g/mol. The van der Waals surface area contributed by atoms with Crippen molar-refractivity contribution in [2.75, 3.05) is 5.43 Å². The lowest BCUT2D eigenvalue weighted by Gasteiger charge is -2.07. The zero-order chi connectivity index (χ0) is 18.5. The third-order valence-corrected chi connectivity index (χ3v) is 4.79. The second-order valence-electron chi connectivity index (χ2n) is 5.84. The summed E-state index contributed by atoms with van der Waals surface area (Å²) in [6.45, 7) is 0.380. The van der Waals surface area contributed by atoms with E-state index in [0.29, 0.717) is 6.61 Å². The molecule has 0 aliphatic carbocycles. The number of anilines is 1. The van der Waals surface area contributed by atoms with Crippen LogP contribution in [-0.2, 0) is 6.61 Å². The van der Waals surface area contributed by atoms with Gasteiger partial charge in [-0.1, -0.05) is 47.7 Å². The molecule has 0 saturated carbocycles. The Labute approximate surface area is 160 Å². The van der Waals surface area contributed by atoms with Crippen LogP contribution in [0.1, 0.15) is 11.1 Å². The van der Waals surface area contributed by atoms with Crippen LogP contribution in [0, 0.1) is 5.82 Å². The number of hydrazone groups is 1. The lowest BCUT2D eigenvalue weighted by molar-refractivity contribution is 0.306. The standard InChI is InChI=1S/C21H16FN3OS/c22-17-10-8-15(9-11-17)14-26-18-5-3-4-16(12-18)13-23-25-21-24-19-6-1-2-7-20(19)27-21/h1-13H,14H2,(H,24,25)/b23-13-. The van der Waals surface area contributed by atoms with Gasteiger partial charge in [0, 0.05) is 0 Å². The number of aromatic nitrogens is 1. The van der Waals surface area contributed by atoms with Crippen LogP contribution in [0.5, 0.6) is 5.75 Å². The quantitative estimate of drug-likeness (QED) is 0.358. The number of nitrogens with zero attached hydrogens (tertiary/aromatic N) is 2. The number of fused-ring (bicyclic) bond motifs is 1. The number of hydrogen-bond donors (Lipinski definition) is 1. The third-order valence-electron chi connectivity index (χ3n) is 3.84. The summed E-state index contributed by atoms with van der Waals surface area (Å²) in [5.41, 5.74) is 5.73. The molecule has 0 fully saturated rings. The molecule has 0 aliphatic rings. The summed E-state index contributed by atoms with van der Waals surface area (Å²) in [4.78, 5) is 4.47. The second-order valence-corrected chi connectivity index (χ2v) is 6.88. The minimum Gasteiger partial charge on any atom is -0.489 e. The lowest BCUT2D eigenvalue weighted by Crippen LogP contribution is -1.96. The molecule has 3 aromatic carbocycles. The minimum atomic E-state index is -0.252. The van der Waals surface area contributed by atoms with Gasteiger partial charge in [0.1, 0.15) is 18.2 Å². The first-order valence-corrected chi connectivity index (χ1v) is 9.20. The van der Waals surface area contributed by atoms with Crippen LogP contribution in [0.15, 0.2) is 77.9 Å². The normalized spacial score (nSPS) is 11.1. The summed E-state index contributed by atoms with van der Waals surface area (Å²) in [5, 5.41) is 5.00. The molecule has 4 aromatic rings. The summed E-state index contributed by atoms with van der Waals surface area (Å²) < 4.78 is 19.8. The van der Waals surface area contributed by atoms with Gasteiger partial charge in [0.15, 0.2) is 0 Å². The Bertz CT molecular complexity index is 1040. The van der Waals surface area contributed by atoms with Crippen LogP contribution >= 0.6 is 11.3 Å². The van der Waals surface area contributed by atoms with Gasteiger partial charge in [0.2, 0.25) is 5.13 Å². The predicted molar refractivity (Wildman–Crippen MR) is 108 cm³/mol. The summed E-state index contributed by atoms with van der Waals surface area (Å²) in [6.07, 6.45) is 1.72. The SMILES string of the molecule is Fc1ccc(COc2cccc(/C=N\Nc3nc4ccccc4s3)c2)cc1. The van der Waals surface area contributed by atoms with E-state index in [9.17, 15) is 4.39 Å². The Morgan fingerprint density at radius 3 is 2.74 bits per heavy atom. The van der Waals surface area contributed by atoms with Crippen LogP contribution in [0.3, 0.4) is 0 Å². The molecular weight excluding hydrogens is 361 g/mol. The molecule has 1 aromatic heterocycles. The fraction of sp³-hybridized carbons (Fsp3) is 0.0476. The molecule has 0 unspecified atom stereocenters. The number of hydrogen-bond acceptors (Lipinski definition) is 5. The number of para-hydroxylation sites is 1. The number of ether oxygens (including phenoxy) is 1. The molecule has 134 valence electrons. The zero-order valence-electron chi connectivity index (χ0n) is 14.3. The fourth-order valence-electron chi connectivity index (χ4n) is 2.51. The molecule has 0 atom stereocenters. The van der Waals surface area contributed by atoms with Crippen molar-refractivity contribution in [3.8, 4) is 5.75 Å². The fourth-order valence-corrected chi connectivity index (χ4v) is 3.33. The molecule has 27 heavy (non-hydrogen) atoms. The molecule has 0 bridgehead atoms. The van der Waals surface area contributed by atoms with Crippen LogP contribution in [0.4, 0.5) is 9.52 Å². The molecule has 0 saturated heterocycles. The number of nitrogens with one attached hydrogen (secondary N) is 1. The average molecular weight is 377 g/mol. The van der Waals surface area contributed by atoms with Crippen molar-refractivity contribution >= 4 is 32.9 Å². The molecule has 0 spiro atoms. The van der Waals surface area contributed by atoms with Gasteiger partial charge in [-0.25, -0.2) is 9.37 Å². The Hall–Kier alpha value is -3.25. The van der Waals surface area contributed by atoms with Crippen molar-refractivity contribution in [2.24, 2.45) is 5.10 Å². The van der Waals surface area contributed by atoms with Crippen molar-refractivity contribution in [3.63, 3.8) is 0 Å². The van der Waals surface area contributed by atoms with E-state index in [0.717, 1.165) is 32.2 Å². The third kappa shape index (κ3) is 4.48. The molecule has 6 heteroatoms. The number of thiazole rings is 1. The summed E-state index contributed by atoms with van der Waals surface area (Å²) in [6, 6.07) is 21.8. The largest absolute Gasteiger partial charge is 0.489 e. The highest BCUT2D eigenvalue weighted by Gasteiger charge is 2.01. The highest BCUT2D eigenvalue weighted by molar-refractivity contribution is 7.22. The minimum absolute atomic E-state index is 0.252. The summed E-state index contributed by atoms with van der Waals surface area (Å²) in [5.74, 6) is 0.473. The first-order chi connectivity index (χ1) is 13.3. The maximum atomic E-state index is 12.9. The second kappa shape index (κ2) is 7.97. The number of rotatable bonds is 6.